The minimum atomic E-state index is -1.54. The van der Waals surface area contributed by atoms with Crippen LogP contribution in [0.15, 0.2) is 23.6 Å². The molecule has 2 rings (SSSR count). The molecule has 0 aliphatic rings. The molecule has 1 amide bonds. The van der Waals surface area contributed by atoms with Gasteiger partial charge < -0.3 is 10.4 Å². The van der Waals surface area contributed by atoms with E-state index in [1.54, 1.807) is 11.4 Å². The first-order valence-corrected chi connectivity index (χ1v) is 7.12. The first-order chi connectivity index (χ1) is 9.38. The van der Waals surface area contributed by atoms with E-state index in [-0.39, 0.29) is 5.69 Å². The number of aromatic carboxylic acids is 1. The lowest BCUT2D eigenvalue weighted by molar-refractivity contribution is 0.0691. The van der Waals surface area contributed by atoms with Crippen LogP contribution >= 0.6 is 33.9 Å². The van der Waals surface area contributed by atoms with Crippen LogP contribution in [0.1, 0.15) is 20.7 Å². The number of carbonyl (C=O) groups excluding carboxylic acids is 1. The van der Waals surface area contributed by atoms with Gasteiger partial charge in [-0.15, -0.1) is 11.3 Å². The third-order valence-corrected chi connectivity index (χ3v) is 4.15. The Labute approximate surface area is 129 Å². The first-order valence-electron chi connectivity index (χ1n) is 5.16. The summed E-state index contributed by atoms with van der Waals surface area (Å²) < 4.78 is 27.6. The highest BCUT2D eigenvalue weighted by molar-refractivity contribution is 14.1. The van der Waals surface area contributed by atoms with Crippen molar-refractivity contribution >= 4 is 51.5 Å². The van der Waals surface area contributed by atoms with Crippen LogP contribution in [-0.4, -0.2) is 17.0 Å². The summed E-state index contributed by atoms with van der Waals surface area (Å²) in [5, 5.41) is 12.6. The van der Waals surface area contributed by atoms with Gasteiger partial charge in [-0.2, -0.15) is 0 Å². The number of carboxylic acids is 1. The Balaban J connectivity index is 2.31. The van der Waals surface area contributed by atoms with Gasteiger partial charge in [-0.05, 0) is 34.7 Å². The van der Waals surface area contributed by atoms with Crippen LogP contribution in [0.4, 0.5) is 14.5 Å². The summed E-state index contributed by atoms with van der Waals surface area (Å²) in [5.74, 6) is -4.36. The molecule has 1 aromatic carbocycles. The molecule has 1 heterocycles. The highest BCUT2D eigenvalue weighted by Crippen LogP contribution is 2.22. The van der Waals surface area contributed by atoms with Gasteiger partial charge in [-0.3, -0.25) is 4.79 Å². The summed E-state index contributed by atoms with van der Waals surface area (Å²) in [6, 6.07) is 2.78. The molecular weight excluding hydrogens is 403 g/mol. The van der Waals surface area contributed by atoms with Gasteiger partial charge in [0, 0.05) is 11.4 Å². The minimum absolute atomic E-state index is 0.319. The standard InChI is InChI=1S/C12H6F2INO3S/c13-7-3-8(14)9(2-6(7)12(18)19)16-11(17)5-1-10(15)20-4-5/h1-4H,(H,16,17)(H,18,19). The van der Waals surface area contributed by atoms with Crippen molar-refractivity contribution in [2.45, 2.75) is 0 Å². The molecule has 0 spiro atoms. The number of carboxylic acid groups (broad SMARTS) is 1. The van der Waals surface area contributed by atoms with E-state index < -0.39 is 29.1 Å². The van der Waals surface area contributed by atoms with Crippen LogP contribution in [0.25, 0.3) is 0 Å². The van der Waals surface area contributed by atoms with E-state index in [9.17, 15) is 18.4 Å². The van der Waals surface area contributed by atoms with Gasteiger partial charge in [0.25, 0.3) is 5.91 Å². The van der Waals surface area contributed by atoms with Crippen molar-refractivity contribution in [2.24, 2.45) is 0 Å². The monoisotopic (exact) mass is 409 g/mol. The fourth-order valence-electron chi connectivity index (χ4n) is 1.43. The first kappa shape index (κ1) is 14.9. The van der Waals surface area contributed by atoms with Gasteiger partial charge in [0.05, 0.1) is 19.7 Å². The van der Waals surface area contributed by atoms with Crippen molar-refractivity contribution in [1.82, 2.24) is 0 Å². The zero-order valence-corrected chi connectivity index (χ0v) is 12.6. The summed E-state index contributed by atoms with van der Waals surface area (Å²) in [5.41, 5.74) is -0.767. The Morgan fingerprint density at radius 2 is 1.90 bits per heavy atom. The van der Waals surface area contributed by atoms with Crippen LogP contribution in [0, 0.1) is 14.5 Å². The van der Waals surface area contributed by atoms with Gasteiger partial charge in [-0.1, -0.05) is 0 Å². The summed E-state index contributed by atoms with van der Waals surface area (Å²) >= 11 is 3.36. The number of rotatable bonds is 3. The maximum absolute atomic E-state index is 13.5. The molecule has 104 valence electrons. The van der Waals surface area contributed by atoms with E-state index in [2.05, 4.69) is 5.32 Å². The average molecular weight is 409 g/mol. The molecule has 0 aliphatic heterocycles. The molecule has 2 aromatic rings. The third kappa shape index (κ3) is 3.12. The number of amides is 1. The quantitative estimate of drug-likeness (QED) is 0.762. The van der Waals surface area contributed by atoms with Gasteiger partial charge in [-0.25, -0.2) is 13.6 Å². The van der Waals surface area contributed by atoms with Crippen LogP contribution in [0.3, 0.4) is 0 Å². The summed E-state index contributed by atoms with van der Waals surface area (Å²) in [7, 11) is 0. The molecule has 0 aliphatic carbocycles. The molecule has 0 atom stereocenters. The Hall–Kier alpha value is -1.55. The zero-order valence-electron chi connectivity index (χ0n) is 9.62. The number of thiophene rings is 1. The predicted molar refractivity (Wildman–Crippen MR) is 78.3 cm³/mol. The van der Waals surface area contributed by atoms with Crippen LogP contribution in [0.5, 0.6) is 0 Å². The van der Waals surface area contributed by atoms with Crippen molar-refractivity contribution in [3.8, 4) is 0 Å². The molecule has 4 nitrogen and oxygen atoms in total. The largest absolute Gasteiger partial charge is 0.478 e. The van der Waals surface area contributed by atoms with Crippen molar-refractivity contribution in [2.75, 3.05) is 5.32 Å². The predicted octanol–water partition coefficient (Wildman–Crippen LogP) is 3.58. The Morgan fingerprint density at radius 3 is 2.45 bits per heavy atom. The lowest BCUT2D eigenvalue weighted by atomic mass is 10.1. The molecule has 1 aromatic heterocycles. The molecule has 0 unspecified atom stereocenters. The van der Waals surface area contributed by atoms with E-state index in [0.717, 1.165) is 8.95 Å². The number of nitrogens with one attached hydrogen (secondary N) is 1. The normalized spacial score (nSPS) is 10.3. The van der Waals surface area contributed by atoms with E-state index >= 15 is 0 Å². The summed E-state index contributed by atoms with van der Waals surface area (Å²) in [4.78, 5) is 22.6. The second-order valence-electron chi connectivity index (χ2n) is 3.71. The number of hydrogen-bond acceptors (Lipinski definition) is 3. The second-order valence-corrected chi connectivity index (χ2v) is 6.52. The Bertz CT molecular complexity index is 702. The van der Waals surface area contributed by atoms with Crippen LogP contribution in [-0.2, 0) is 0 Å². The lowest BCUT2D eigenvalue weighted by Crippen LogP contribution is -2.13. The number of halogens is 3. The van der Waals surface area contributed by atoms with E-state index in [1.165, 1.54) is 11.3 Å². The average Bonchev–Trinajstić information content (AvgIpc) is 2.79. The topological polar surface area (TPSA) is 66.4 Å². The number of hydrogen-bond donors (Lipinski definition) is 2. The molecule has 2 N–H and O–H groups in total. The van der Waals surface area contributed by atoms with Crippen molar-refractivity contribution < 1.29 is 23.5 Å². The molecule has 8 heteroatoms. The second kappa shape index (κ2) is 5.83. The summed E-state index contributed by atoms with van der Waals surface area (Å²) in [6.07, 6.45) is 0. The highest BCUT2D eigenvalue weighted by Gasteiger charge is 2.17. The number of carbonyl (C=O) groups is 2. The van der Waals surface area contributed by atoms with Crippen molar-refractivity contribution in [3.63, 3.8) is 0 Å². The molecule has 0 saturated carbocycles. The molecule has 0 bridgehead atoms. The molecular formula is C12H6F2INO3S. The van der Waals surface area contributed by atoms with Gasteiger partial charge in [0.15, 0.2) is 0 Å². The lowest BCUT2D eigenvalue weighted by Gasteiger charge is -2.07. The molecule has 0 saturated heterocycles. The van der Waals surface area contributed by atoms with Gasteiger partial charge in [0.1, 0.15) is 11.6 Å². The molecule has 0 fully saturated rings. The Kier molecular flexibility index (Phi) is 4.33. The minimum Gasteiger partial charge on any atom is -0.478 e. The van der Waals surface area contributed by atoms with E-state index in [4.69, 9.17) is 5.11 Å². The maximum atomic E-state index is 13.5. The number of anilines is 1. The van der Waals surface area contributed by atoms with Crippen molar-refractivity contribution in [3.05, 3.63) is 49.2 Å². The maximum Gasteiger partial charge on any atom is 0.338 e. The molecule has 20 heavy (non-hydrogen) atoms. The van der Waals surface area contributed by atoms with Gasteiger partial charge >= 0.3 is 5.97 Å². The van der Waals surface area contributed by atoms with E-state index in [0.29, 0.717) is 11.6 Å². The van der Waals surface area contributed by atoms with Crippen molar-refractivity contribution in [1.29, 1.82) is 0 Å². The Morgan fingerprint density at radius 1 is 1.20 bits per heavy atom. The fourth-order valence-corrected chi connectivity index (χ4v) is 2.76. The highest BCUT2D eigenvalue weighted by atomic mass is 127. The molecule has 0 radical (unpaired) electrons. The van der Waals surface area contributed by atoms with E-state index in [1.807, 2.05) is 22.6 Å². The summed E-state index contributed by atoms with van der Waals surface area (Å²) in [6.45, 7) is 0. The fraction of sp³-hybridized carbons (Fsp3) is 0. The third-order valence-electron chi connectivity index (χ3n) is 2.36. The van der Waals surface area contributed by atoms with Crippen LogP contribution < -0.4 is 5.32 Å². The zero-order chi connectivity index (χ0) is 14.9. The number of benzene rings is 1. The smallest absolute Gasteiger partial charge is 0.338 e. The van der Waals surface area contributed by atoms with Crippen LogP contribution in [0.2, 0.25) is 0 Å². The van der Waals surface area contributed by atoms with Gasteiger partial charge in [0.2, 0.25) is 0 Å². The SMILES string of the molecule is O=C(Nc1cc(C(=O)O)c(F)cc1F)c1csc(I)c1.